The van der Waals surface area contributed by atoms with Crippen molar-refractivity contribution in [2.75, 3.05) is 34.5 Å². The van der Waals surface area contributed by atoms with Gasteiger partial charge in [0, 0.05) is 0 Å². The SMILES string of the molecule is CN1CN(C)C(N[N+](=O)[O-])N(C)C1. The van der Waals surface area contributed by atoms with Gasteiger partial charge >= 0.3 is 0 Å². The maximum Gasteiger partial charge on any atom is 0.196 e. The van der Waals surface area contributed by atoms with Gasteiger partial charge in [0.05, 0.1) is 13.3 Å². The lowest BCUT2D eigenvalue weighted by molar-refractivity contribution is -0.563. The number of hydrogen-bond acceptors (Lipinski definition) is 5. The van der Waals surface area contributed by atoms with Gasteiger partial charge in [0.2, 0.25) is 0 Å². The van der Waals surface area contributed by atoms with Crippen molar-refractivity contribution in [2.24, 2.45) is 0 Å². The van der Waals surface area contributed by atoms with Crippen molar-refractivity contribution in [3.05, 3.63) is 10.1 Å². The van der Waals surface area contributed by atoms with Crippen LogP contribution in [0.2, 0.25) is 0 Å². The molecule has 76 valence electrons. The third-order valence-corrected chi connectivity index (χ3v) is 1.98. The van der Waals surface area contributed by atoms with E-state index < -0.39 is 5.03 Å². The van der Waals surface area contributed by atoms with Gasteiger partial charge in [-0.3, -0.25) is 14.7 Å². The molecule has 7 heteroatoms. The van der Waals surface area contributed by atoms with Crippen LogP contribution in [0.4, 0.5) is 0 Å². The van der Waals surface area contributed by atoms with E-state index in [1.54, 1.807) is 0 Å². The van der Waals surface area contributed by atoms with Gasteiger partial charge in [0.25, 0.3) is 0 Å². The minimum absolute atomic E-state index is 0.328. The van der Waals surface area contributed by atoms with Crippen molar-refractivity contribution in [2.45, 2.75) is 6.29 Å². The molecule has 0 aromatic rings. The second kappa shape index (κ2) is 3.86. The number of nitro groups is 1. The Morgan fingerprint density at radius 1 is 1.31 bits per heavy atom. The monoisotopic (exact) mass is 189 g/mol. The molecule has 0 saturated carbocycles. The normalized spacial score (nSPS) is 23.3. The lowest BCUT2D eigenvalue weighted by Gasteiger charge is -2.41. The molecular formula is C6H15N5O2. The van der Waals surface area contributed by atoms with Crippen LogP contribution in [0, 0.1) is 10.1 Å². The fourth-order valence-electron chi connectivity index (χ4n) is 1.59. The molecule has 0 aliphatic carbocycles. The molecule has 0 spiro atoms. The highest BCUT2D eigenvalue weighted by atomic mass is 16.7. The number of nitrogens with one attached hydrogen (secondary N) is 1. The molecule has 0 unspecified atom stereocenters. The summed E-state index contributed by atoms with van der Waals surface area (Å²) in [4.78, 5) is 16.1. The van der Waals surface area contributed by atoms with Crippen molar-refractivity contribution < 1.29 is 5.03 Å². The van der Waals surface area contributed by atoms with E-state index in [1.807, 2.05) is 30.9 Å². The van der Waals surface area contributed by atoms with Gasteiger partial charge in [-0.15, -0.1) is 5.43 Å². The van der Waals surface area contributed by atoms with Gasteiger partial charge in [-0.25, -0.2) is 10.1 Å². The van der Waals surface area contributed by atoms with Crippen LogP contribution >= 0.6 is 0 Å². The van der Waals surface area contributed by atoms with E-state index in [9.17, 15) is 10.1 Å². The van der Waals surface area contributed by atoms with E-state index >= 15 is 0 Å². The third-order valence-electron chi connectivity index (χ3n) is 1.98. The van der Waals surface area contributed by atoms with Crippen LogP contribution in [0.15, 0.2) is 0 Å². The Bertz CT molecular complexity index is 187. The molecular weight excluding hydrogens is 174 g/mol. The molecule has 1 aliphatic rings. The van der Waals surface area contributed by atoms with Crippen LogP contribution in [0.25, 0.3) is 0 Å². The second-order valence-corrected chi connectivity index (χ2v) is 3.41. The fraction of sp³-hybridized carbons (Fsp3) is 1.00. The summed E-state index contributed by atoms with van der Waals surface area (Å²) in [6, 6.07) is 0. The first-order chi connectivity index (χ1) is 6.00. The lowest BCUT2D eigenvalue weighted by Crippen LogP contribution is -2.63. The summed E-state index contributed by atoms with van der Waals surface area (Å²) in [5, 5.41) is 9.76. The van der Waals surface area contributed by atoms with Crippen LogP contribution in [0.5, 0.6) is 0 Å². The first-order valence-electron chi connectivity index (χ1n) is 4.00. The summed E-state index contributed by atoms with van der Waals surface area (Å²) in [6.45, 7) is 1.44. The molecule has 1 heterocycles. The van der Waals surface area contributed by atoms with Gasteiger partial charge in [0.1, 0.15) is 0 Å². The predicted octanol–water partition coefficient (Wildman–Crippen LogP) is -1.22. The molecule has 13 heavy (non-hydrogen) atoms. The maximum absolute atomic E-state index is 10.3. The van der Waals surface area contributed by atoms with Crippen LogP contribution in [0.3, 0.4) is 0 Å². The predicted molar refractivity (Wildman–Crippen MR) is 46.9 cm³/mol. The van der Waals surface area contributed by atoms with Gasteiger partial charge in [-0.1, -0.05) is 0 Å². The quantitative estimate of drug-likeness (QED) is 0.433. The molecule has 1 aliphatic heterocycles. The Labute approximate surface area is 77.0 Å². The largest absolute Gasteiger partial charge is 0.280 e. The highest BCUT2D eigenvalue weighted by Crippen LogP contribution is 2.06. The number of rotatable bonds is 2. The summed E-state index contributed by atoms with van der Waals surface area (Å²) >= 11 is 0. The third kappa shape index (κ3) is 2.51. The summed E-state index contributed by atoms with van der Waals surface area (Å²) < 4.78 is 0. The van der Waals surface area contributed by atoms with Crippen LogP contribution in [-0.4, -0.2) is 60.5 Å². The van der Waals surface area contributed by atoms with Crippen molar-refractivity contribution in [1.82, 2.24) is 20.1 Å². The first kappa shape index (κ1) is 10.2. The number of nitrogens with zero attached hydrogens (tertiary/aromatic N) is 4. The average Bonchev–Trinajstić information content (AvgIpc) is 1.96. The fourth-order valence-corrected chi connectivity index (χ4v) is 1.59. The van der Waals surface area contributed by atoms with Crippen molar-refractivity contribution in [1.29, 1.82) is 0 Å². The van der Waals surface area contributed by atoms with E-state index in [2.05, 4.69) is 10.3 Å². The zero-order valence-corrected chi connectivity index (χ0v) is 8.10. The minimum atomic E-state index is -0.511. The van der Waals surface area contributed by atoms with E-state index in [4.69, 9.17) is 0 Å². The molecule has 1 fully saturated rings. The second-order valence-electron chi connectivity index (χ2n) is 3.41. The topological polar surface area (TPSA) is 64.9 Å². The molecule has 0 aromatic heterocycles. The standard InChI is InChI=1S/C6H15N5O2/c1-8-4-9(2)6(7-11(12)13)10(3)5-8/h6-7H,4-5H2,1-3H3. The van der Waals surface area contributed by atoms with Crippen LogP contribution in [0.1, 0.15) is 0 Å². The van der Waals surface area contributed by atoms with Crippen molar-refractivity contribution >= 4 is 0 Å². The van der Waals surface area contributed by atoms with Gasteiger partial charge < -0.3 is 0 Å². The molecule has 0 amide bonds. The zero-order valence-electron chi connectivity index (χ0n) is 8.10. The molecule has 7 nitrogen and oxygen atoms in total. The van der Waals surface area contributed by atoms with E-state index in [1.165, 1.54) is 0 Å². The molecule has 0 atom stereocenters. The van der Waals surface area contributed by atoms with Gasteiger partial charge in [0.15, 0.2) is 11.3 Å². The Hall–Kier alpha value is -0.920. The summed E-state index contributed by atoms with van der Waals surface area (Å²) in [6.07, 6.45) is -0.328. The van der Waals surface area contributed by atoms with Crippen LogP contribution in [-0.2, 0) is 0 Å². The molecule has 1 N–H and O–H groups in total. The Morgan fingerprint density at radius 3 is 2.15 bits per heavy atom. The molecule has 1 saturated heterocycles. The highest BCUT2D eigenvalue weighted by Gasteiger charge is 2.29. The van der Waals surface area contributed by atoms with Gasteiger partial charge in [-0.2, -0.15) is 0 Å². The van der Waals surface area contributed by atoms with E-state index in [0.717, 1.165) is 13.3 Å². The van der Waals surface area contributed by atoms with Crippen molar-refractivity contribution in [3.8, 4) is 0 Å². The zero-order chi connectivity index (χ0) is 10.0. The minimum Gasteiger partial charge on any atom is -0.280 e. The molecule has 1 rings (SSSR count). The smallest absolute Gasteiger partial charge is 0.196 e. The molecule has 0 bridgehead atoms. The maximum atomic E-state index is 10.3. The summed E-state index contributed by atoms with van der Waals surface area (Å²) in [5.74, 6) is 0. The first-order valence-corrected chi connectivity index (χ1v) is 4.00. The highest BCUT2D eigenvalue weighted by molar-refractivity contribution is 4.67. The number of hydrogen-bond donors (Lipinski definition) is 1. The number of hydrazine groups is 1. The van der Waals surface area contributed by atoms with Gasteiger partial charge in [-0.05, 0) is 21.1 Å². The average molecular weight is 189 g/mol. The Balaban J connectivity index is 2.56. The van der Waals surface area contributed by atoms with E-state index in [-0.39, 0.29) is 6.29 Å². The lowest BCUT2D eigenvalue weighted by atomic mass is 10.5. The Morgan fingerprint density at radius 2 is 1.77 bits per heavy atom. The molecule has 0 radical (unpaired) electrons. The van der Waals surface area contributed by atoms with E-state index in [0.29, 0.717) is 0 Å². The molecule has 0 aromatic carbocycles. The van der Waals surface area contributed by atoms with Crippen LogP contribution < -0.4 is 5.43 Å². The van der Waals surface area contributed by atoms with Crippen molar-refractivity contribution in [3.63, 3.8) is 0 Å². The summed E-state index contributed by atoms with van der Waals surface area (Å²) in [7, 11) is 5.65. The Kier molecular flexibility index (Phi) is 3.02. The summed E-state index contributed by atoms with van der Waals surface area (Å²) in [5.41, 5.74) is 2.25.